The molecule has 0 aromatic heterocycles. The SMILES string of the molecule is O=CONS(=O)(=O)c1ccccc1. The fraction of sp³-hybridized carbons (Fsp3) is 0. The molecule has 0 heterocycles. The van der Waals surface area contributed by atoms with E-state index in [1.807, 2.05) is 0 Å². The van der Waals surface area contributed by atoms with Crippen molar-refractivity contribution in [3.8, 4) is 0 Å². The quantitative estimate of drug-likeness (QED) is 0.552. The number of hydrogen-bond acceptors (Lipinski definition) is 4. The average molecular weight is 201 g/mol. The largest absolute Gasteiger partial charge is 0.358 e. The summed E-state index contributed by atoms with van der Waals surface area (Å²) in [5.74, 6) is 0. The van der Waals surface area contributed by atoms with Gasteiger partial charge in [0, 0.05) is 0 Å². The van der Waals surface area contributed by atoms with E-state index in [4.69, 9.17) is 0 Å². The molecule has 6 heteroatoms. The van der Waals surface area contributed by atoms with Gasteiger partial charge in [-0.2, -0.15) is 0 Å². The van der Waals surface area contributed by atoms with Crippen LogP contribution in [0.15, 0.2) is 35.2 Å². The second kappa shape index (κ2) is 4.01. The van der Waals surface area contributed by atoms with Gasteiger partial charge in [0.15, 0.2) is 0 Å². The topological polar surface area (TPSA) is 72.5 Å². The van der Waals surface area contributed by atoms with E-state index in [2.05, 4.69) is 4.84 Å². The number of carbonyl (C=O) groups excluding carboxylic acids is 1. The lowest BCUT2D eigenvalue weighted by Gasteiger charge is -2.02. The maximum atomic E-state index is 11.2. The van der Waals surface area contributed by atoms with Crippen LogP contribution in [0.3, 0.4) is 0 Å². The summed E-state index contributed by atoms with van der Waals surface area (Å²) in [6.45, 7) is 0.000486. The predicted octanol–water partition coefficient (Wildman–Crippen LogP) is 0.0529. The molecule has 0 saturated heterocycles. The molecule has 13 heavy (non-hydrogen) atoms. The number of hydrogen-bond donors (Lipinski definition) is 1. The fourth-order valence-electron chi connectivity index (χ4n) is 0.731. The molecule has 0 aliphatic heterocycles. The summed E-state index contributed by atoms with van der Waals surface area (Å²) in [6, 6.07) is 7.58. The van der Waals surface area contributed by atoms with E-state index in [1.165, 1.54) is 12.1 Å². The Kier molecular flexibility index (Phi) is 2.99. The third-order valence-electron chi connectivity index (χ3n) is 1.26. The molecular weight excluding hydrogens is 194 g/mol. The van der Waals surface area contributed by atoms with Gasteiger partial charge in [-0.3, -0.25) is 4.79 Å². The lowest BCUT2D eigenvalue weighted by atomic mass is 10.4. The second-order valence-electron chi connectivity index (χ2n) is 2.11. The molecule has 1 aromatic rings. The zero-order valence-electron chi connectivity index (χ0n) is 6.51. The van der Waals surface area contributed by atoms with Crippen LogP contribution in [0.25, 0.3) is 0 Å². The molecule has 0 radical (unpaired) electrons. The van der Waals surface area contributed by atoms with Crippen molar-refractivity contribution in [2.75, 3.05) is 0 Å². The fourth-order valence-corrected chi connectivity index (χ4v) is 1.51. The van der Waals surface area contributed by atoms with Gasteiger partial charge >= 0.3 is 6.47 Å². The molecule has 1 rings (SSSR count). The van der Waals surface area contributed by atoms with Gasteiger partial charge < -0.3 is 4.84 Å². The van der Waals surface area contributed by atoms with Crippen LogP contribution in [-0.2, 0) is 19.7 Å². The van der Waals surface area contributed by atoms with E-state index < -0.39 is 10.0 Å². The molecule has 0 bridgehead atoms. The van der Waals surface area contributed by atoms with Crippen LogP contribution in [0.5, 0.6) is 0 Å². The average Bonchev–Trinajstić information content (AvgIpc) is 2.16. The van der Waals surface area contributed by atoms with E-state index >= 15 is 0 Å². The smallest absolute Gasteiger partial charge is 0.314 e. The molecule has 0 spiro atoms. The summed E-state index contributed by atoms with van der Waals surface area (Å²) in [5, 5.41) is 0. The minimum Gasteiger partial charge on any atom is -0.358 e. The summed E-state index contributed by atoms with van der Waals surface area (Å²) < 4.78 is 22.4. The van der Waals surface area contributed by atoms with Crippen LogP contribution in [0.4, 0.5) is 0 Å². The first-order valence-electron chi connectivity index (χ1n) is 3.33. The van der Waals surface area contributed by atoms with E-state index in [1.54, 1.807) is 23.1 Å². The van der Waals surface area contributed by atoms with Crippen LogP contribution < -0.4 is 4.89 Å². The Balaban J connectivity index is 2.88. The summed E-state index contributed by atoms with van der Waals surface area (Å²) in [6.07, 6.45) is 0. The van der Waals surface area contributed by atoms with Gasteiger partial charge in [-0.1, -0.05) is 18.2 Å². The second-order valence-corrected chi connectivity index (χ2v) is 3.76. The van der Waals surface area contributed by atoms with Crippen LogP contribution in [0, 0.1) is 0 Å². The molecule has 0 fully saturated rings. The van der Waals surface area contributed by atoms with Crippen LogP contribution in [-0.4, -0.2) is 14.9 Å². The van der Waals surface area contributed by atoms with Crippen molar-refractivity contribution in [3.63, 3.8) is 0 Å². The molecule has 0 aliphatic carbocycles. The Bertz CT molecular complexity index is 373. The van der Waals surface area contributed by atoms with Gasteiger partial charge in [-0.15, -0.1) is 0 Å². The molecular formula is C7H7NO4S. The minimum absolute atomic E-state index is 0.000486. The molecule has 1 aromatic carbocycles. The molecule has 0 saturated carbocycles. The standard InChI is InChI=1S/C7H7NO4S/c9-6-12-8-13(10,11)7-4-2-1-3-5-7/h1-6,8H. The van der Waals surface area contributed by atoms with Crippen LogP contribution >= 0.6 is 0 Å². The van der Waals surface area contributed by atoms with Crippen molar-refractivity contribution in [2.45, 2.75) is 4.90 Å². The highest BCUT2D eigenvalue weighted by Crippen LogP contribution is 2.06. The summed E-state index contributed by atoms with van der Waals surface area (Å²) in [7, 11) is -3.73. The number of rotatable bonds is 4. The van der Waals surface area contributed by atoms with Crippen molar-refractivity contribution in [2.24, 2.45) is 0 Å². The van der Waals surface area contributed by atoms with Gasteiger partial charge in [-0.05, 0) is 17.0 Å². The van der Waals surface area contributed by atoms with Crippen molar-refractivity contribution in [1.82, 2.24) is 4.89 Å². The zero-order valence-corrected chi connectivity index (χ0v) is 7.32. The highest BCUT2D eigenvalue weighted by Gasteiger charge is 2.12. The maximum Gasteiger partial charge on any atom is 0.314 e. The Hall–Kier alpha value is -1.40. The number of nitrogens with one attached hydrogen (secondary N) is 1. The van der Waals surface area contributed by atoms with Crippen molar-refractivity contribution < 1.29 is 18.0 Å². The molecule has 70 valence electrons. The van der Waals surface area contributed by atoms with Gasteiger partial charge in [-0.25, -0.2) is 8.42 Å². The third kappa shape index (κ3) is 2.53. The van der Waals surface area contributed by atoms with E-state index in [9.17, 15) is 13.2 Å². The molecule has 0 amide bonds. The van der Waals surface area contributed by atoms with Gasteiger partial charge in [0.05, 0.1) is 4.90 Å². The van der Waals surface area contributed by atoms with Crippen molar-refractivity contribution in [1.29, 1.82) is 0 Å². The molecule has 0 atom stereocenters. The van der Waals surface area contributed by atoms with E-state index in [0.29, 0.717) is 0 Å². The number of benzene rings is 1. The number of carbonyl (C=O) groups is 1. The van der Waals surface area contributed by atoms with Gasteiger partial charge in [0.25, 0.3) is 10.0 Å². The van der Waals surface area contributed by atoms with Gasteiger partial charge in [0.1, 0.15) is 0 Å². The van der Waals surface area contributed by atoms with Crippen LogP contribution in [0.1, 0.15) is 0 Å². The third-order valence-corrected chi connectivity index (χ3v) is 2.47. The zero-order chi connectivity index (χ0) is 9.73. The first-order chi connectivity index (χ1) is 6.17. The van der Waals surface area contributed by atoms with Gasteiger partial charge in [0.2, 0.25) is 0 Å². The summed E-state index contributed by atoms with van der Waals surface area (Å²) >= 11 is 0. The Morgan fingerprint density at radius 3 is 2.38 bits per heavy atom. The highest BCUT2D eigenvalue weighted by molar-refractivity contribution is 7.89. The normalized spacial score (nSPS) is 10.8. The lowest BCUT2D eigenvalue weighted by molar-refractivity contribution is -0.131. The molecule has 0 unspecified atom stereocenters. The number of sulfonamides is 1. The summed E-state index contributed by atoms with van der Waals surface area (Å²) in [5.41, 5.74) is 0. The Morgan fingerprint density at radius 2 is 1.85 bits per heavy atom. The highest BCUT2D eigenvalue weighted by atomic mass is 32.2. The first-order valence-corrected chi connectivity index (χ1v) is 4.81. The Labute approximate surface area is 75.3 Å². The lowest BCUT2D eigenvalue weighted by Crippen LogP contribution is -2.23. The first kappa shape index (κ1) is 9.69. The molecule has 0 aliphatic rings. The van der Waals surface area contributed by atoms with E-state index in [-0.39, 0.29) is 11.4 Å². The maximum absolute atomic E-state index is 11.2. The monoisotopic (exact) mass is 201 g/mol. The van der Waals surface area contributed by atoms with Crippen molar-refractivity contribution in [3.05, 3.63) is 30.3 Å². The molecule has 5 nitrogen and oxygen atoms in total. The predicted molar refractivity (Wildman–Crippen MR) is 43.9 cm³/mol. The minimum atomic E-state index is -3.73. The van der Waals surface area contributed by atoms with Crippen LogP contribution in [0.2, 0.25) is 0 Å². The summed E-state index contributed by atoms with van der Waals surface area (Å²) in [4.78, 5) is 15.3. The Morgan fingerprint density at radius 1 is 1.23 bits per heavy atom. The van der Waals surface area contributed by atoms with Crippen molar-refractivity contribution >= 4 is 16.5 Å². The molecule has 1 N–H and O–H groups in total. The van der Waals surface area contributed by atoms with E-state index in [0.717, 1.165) is 0 Å².